The van der Waals surface area contributed by atoms with E-state index in [4.69, 9.17) is 21.9 Å². The lowest BCUT2D eigenvalue weighted by Crippen LogP contribution is -2.57. The molecule has 2 atom stereocenters. The predicted molar refractivity (Wildman–Crippen MR) is 146 cm³/mol. The zero-order valence-corrected chi connectivity index (χ0v) is 22.8. The fourth-order valence-corrected chi connectivity index (χ4v) is 5.81. The lowest BCUT2D eigenvalue weighted by Gasteiger charge is -2.36. The number of esters is 1. The summed E-state index contributed by atoms with van der Waals surface area (Å²) >= 11 is 6.59. The van der Waals surface area contributed by atoms with Gasteiger partial charge in [-0.15, -0.1) is 0 Å². The van der Waals surface area contributed by atoms with Crippen LogP contribution in [0.1, 0.15) is 44.7 Å². The molecule has 2 saturated heterocycles. The van der Waals surface area contributed by atoms with Crippen molar-refractivity contribution >= 4 is 63.6 Å². The molecule has 2 aliphatic heterocycles. The molecular weight excluding hydrogens is 514 g/mol. The minimum Gasteiger partial charge on any atom is -0.466 e. The van der Waals surface area contributed by atoms with Gasteiger partial charge in [-0.05, 0) is 44.9 Å². The van der Waals surface area contributed by atoms with Crippen LogP contribution in [0.2, 0.25) is 0 Å². The summed E-state index contributed by atoms with van der Waals surface area (Å²) in [4.78, 5) is 60.6. The highest BCUT2D eigenvalue weighted by molar-refractivity contribution is 8.26. The van der Waals surface area contributed by atoms with E-state index >= 15 is 0 Å². The highest BCUT2D eigenvalue weighted by atomic mass is 32.2. The maximum absolute atomic E-state index is 13.8. The Bertz CT molecular complexity index is 1370. The number of thiocarbonyl (C=S) groups is 1. The van der Waals surface area contributed by atoms with Gasteiger partial charge in [0.25, 0.3) is 11.5 Å². The molecular formula is C25H29N5O5S2. The quantitative estimate of drug-likeness (QED) is 0.319. The molecule has 4 rings (SSSR count). The molecule has 0 unspecified atom stereocenters. The predicted octanol–water partition coefficient (Wildman–Crippen LogP) is 2.26. The Hall–Kier alpha value is -3.25. The van der Waals surface area contributed by atoms with E-state index in [0.29, 0.717) is 28.0 Å². The number of ether oxygens (including phenoxy) is 1. The number of nitrogens with one attached hydrogen (secondary N) is 1. The fourth-order valence-electron chi connectivity index (χ4n) is 4.37. The first-order chi connectivity index (χ1) is 17.7. The van der Waals surface area contributed by atoms with Gasteiger partial charge in [0.1, 0.15) is 21.8 Å². The van der Waals surface area contributed by atoms with Gasteiger partial charge < -0.3 is 15.0 Å². The molecule has 0 bridgehead atoms. The second-order valence-corrected chi connectivity index (χ2v) is 10.5. The number of amides is 2. The number of carbonyl (C=O) groups is 3. The van der Waals surface area contributed by atoms with E-state index in [9.17, 15) is 19.2 Å². The van der Waals surface area contributed by atoms with Crippen LogP contribution in [0.15, 0.2) is 28.0 Å². The summed E-state index contributed by atoms with van der Waals surface area (Å²) in [6.45, 7) is 8.23. The highest BCUT2D eigenvalue weighted by Gasteiger charge is 2.37. The molecule has 4 heterocycles. The van der Waals surface area contributed by atoms with E-state index in [1.165, 1.54) is 10.5 Å². The van der Waals surface area contributed by atoms with E-state index in [1.54, 1.807) is 29.0 Å². The van der Waals surface area contributed by atoms with Crippen molar-refractivity contribution in [3.63, 3.8) is 0 Å². The van der Waals surface area contributed by atoms with Crippen LogP contribution in [-0.2, 0) is 19.1 Å². The summed E-state index contributed by atoms with van der Waals surface area (Å²) < 4.78 is 6.93. The van der Waals surface area contributed by atoms with Crippen molar-refractivity contribution in [2.75, 3.05) is 24.6 Å². The Morgan fingerprint density at radius 3 is 2.81 bits per heavy atom. The van der Waals surface area contributed by atoms with Gasteiger partial charge in [-0.3, -0.25) is 28.5 Å². The van der Waals surface area contributed by atoms with Crippen LogP contribution in [-0.4, -0.2) is 68.2 Å². The Labute approximate surface area is 224 Å². The van der Waals surface area contributed by atoms with Gasteiger partial charge in [0.05, 0.1) is 23.5 Å². The number of hydrogen-bond acceptors (Lipinski definition) is 9. The molecule has 12 heteroatoms. The number of carbonyl (C=O) groups excluding carboxylic acids is 3. The first-order valence-corrected chi connectivity index (χ1v) is 13.4. The Kier molecular flexibility index (Phi) is 7.98. The SMILES string of the molecule is CCOC(=O)C[C@@H]1C(=O)NCCN1c1nc2c(C)cccn2c(=O)c1/C=C1\SC(=S)N([C@@H](C)CC)C1=O. The standard InChI is InChI=1S/C25H29N5O5S2/c1-5-15(4)30-24(34)18(37-25(30)36)12-16-21(27-20-14(3)8-7-10-29(20)23(16)33)28-11-9-26-22(32)17(28)13-19(31)35-6-2/h7-8,10,12,15,17H,5-6,9,11,13H2,1-4H3,(H,26,32)/b18-12-/t15-,17+/m0/s1. The van der Waals surface area contributed by atoms with Gasteiger partial charge in [-0.25, -0.2) is 4.98 Å². The van der Waals surface area contributed by atoms with Gasteiger partial charge in [0.15, 0.2) is 0 Å². The molecule has 0 spiro atoms. The summed E-state index contributed by atoms with van der Waals surface area (Å²) in [5.74, 6) is -0.930. The molecule has 0 aromatic carbocycles. The van der Waals surface area contributed by atoms with Gasteiger partial charge in [-0.2, -0.15) is 0 Å². The zero-order valence-electron chi connectivity index (χ0n) is 21.1. The monoisotopic (exact) mass is 543 g/mol. The van der Waals surface area contributed by atoms with Crippen LogP contribution >= 0.6 is 24.0 Å². The number of fused-ring (bicyclic) bond motifs is 1. The van der Waals surface area contributed by atoms with E-state index in [1.807, 2.05) is 26.8 Å². The summed E-state index contributed by atoms with van der Waals surface area (Å²) in [5.41, 5.74) is 0.946. The first-order valence-electron chi connectivity index (χ1n) is 12.2. The summed E-state index contributed by atoms with van der Waals surface area (Å²) in [6, 6.07) is 2.57. The van der Waals surface area contributed by atoms with Crippen molar-refractivity contribution in [2.45, 2.75) is 52.6 Å². The van der Waals surface area contributed by atoms with E-state index in [-0.39, 0.29) is 42.3 Å². The molecule has 1 N–H and O–H groups in total. The Morgan fingerprint density at radius 2 is 2.11 bits per heavy atom. The van der Waals surface area contributed by atoms with Crippen LogP contribution in [0.25, 0.3) is 11.7 Å². The number of nitrogens with zero attached hydrogens (tertiary/aromatic N) is 4. The lowest BCUT2D eigenvalue weighted by molar-refractivity contribution is -0.145. The van der Waals surface area contributed by atoms with Crippen LogP contribution in [0, 0.1) is 6.92 Å². The van der Waals surface area contributed by atoms with Gasteiger partial charge >= 0.3 is 5.97 Å². The lowest BCUT2D eigenvalue weighted by atomic mass is 10.1. The van der Waals surface area contributed by atoms with Crippen LogP contribution < -0.4 is 15.8 Å². The largest absolute Gasteiger partial charge is 0.466 e. The van der Waals surface area contributed by atoms with Crippen LogP contribution in [0.5, 0.6) is 0 Å². The topological polar surface area (TPSA) is 113 Å². The minimum absolute atomic E-state index is 0.0869. The fraction of sp³-hybridized carbons (Fsp3) is 0.440. The van der Waals surface area contributed by atoms with Crippen molar-refractivity contribution < 1.29 is 19.1 Å². The molecule has 2 amide bonds. The number of hydrogen-bond donors (Lipinski definition) is 1. The molecule has 2 aromatic rings. The number of thioether (sulfide) groups is 1. The number of aromatic nitrogens is 2. The maximum atomic E-state index is 13.8. The second-order valence-electron chi connectivity index (χ2n) is 8.86. The molecule has 0 radical (unpaired) electrons. The molecule has 37 heavy (non-hydrogen) atoms. The number of rotatable bonds is 7. The maximum Gasteiger partial charge on any atom is 0.308 e. The Morgan fingerprint density at radius 1 is 1.35 bits per heavy atom. The van der Waals surface area contributed by atoms with Crippen molar-refractivity contribution in [2.24, 2.45) is 0 Å². The molecule has 2 fully saturated rings. The van der Waals surface area contributed by atoms with Crippen molar-refractivity contribution in [3.05, 3.63) is 44.7 Å². The normalized spacial score (nSPS) is 20.1. The smallest absolute Gasteiger partial charge is 0.308 e. The summed E-state index contributed by atoms with van der Waals surface area (Å²) in [5, 5.41) is 2.78. The average Bonchev–Trinajstić information content (AvgIpc) is 3.14. The Balaban J connectivity index is 1.90. The molecule has 196 valence electrons. The molecule has 0 saturated carbocycles. The minimum atomic E-state index is -0.923. The molecule has 2 aliphatic rings. The van der Waals surface area contributed by atoms with Gasteiger partial charge in [-0.1, -0.05) is 37.0 Å². The first kappa shape index (κ1) is 26.8. The van der Waals surface area contributed by atoms with E-state index < -0.39 is 17.6 Å². The number of pyridine rings is 1. The average molecular weight is 544 g/mol. The van der Waals surface area contributed by atoms with Crippen LogP contribution in [0.4, 0.5) is 5.82 Å². The third-order valence-electron chi connectivity index (χ3n) is 6.46. The summed E-state index contributed by atoms with van der Waals surface area (Å²) in [6.07, 6.45) is 3.64. The van der Waals surface area contributed by atoms with Gasteiger partial charge in [0.2, 0.25) is 5.91 Å². The van der Waals surface area contributed by atoms with Crippen molar-refractivity contribution in [1.29, 1.82) is 0 Å². The van der Waals surface area contributed by atoms with Crippen molar-refractivity contribution in [3.8, 4) is 0 Å². The van der Waals surface area contributed by atoms with E-state index in [0.717, 1.165) is 23.7 Å². The number of aryl methyl sites for hydroxylation is 1. The summed E-state index contributed by atoms with van der Waals surface area (Å²) in [7, 11) is 0. The van der Waals surface area contributed by atoms with Crippen LogP contribution in [0.3, 0.4) is 0 Å². The molecule has 2 aromatic heterocycles. The number of piperazine rings is 1. The van der Waals surface area contributed by atoms with E-state index in [2.05, 4.69) is 5.32 Å². The zero-order chi connectivity index (χ0) is 26.9. The second kappa shape index (κ2) is 11.0. The highest BCUT2D eigenvalue weighted by Crippen LogP contribution is 2.35. The molecule has 10 nitrogen and oxygen atoms in total. The van der Waals surface area contributed by atoms with Gasteiger partial charge in [0, 0.05) is 25.3 Å². The molecule has 0 aliphatic carbocycles. The number of anilines is 1. The third kappa shape index (κ3) is 5.12. The third-order valence-corrected chi connectivity index (χ3v) is 7.79. The van der Waals surface area contributed by atoms with Crippen molar-refractivity contribution in [1.82, 2.24) is 19.6 Å².